The fraction of sp³-hybridized carbons (Fsp3) is 0.231. The molecule has 4 N–H and O–H groups in total. The molecule has 0 radical (unpaired) electrons. The molecule has 98 valence electrons. The van der Waals surface area contributed by atoms with Crippen molar-refractivity contribution in [3.63, 3.8) is 0 Å². The molecule has 1 atom stereocenters. The van der Waals surface area contributed by atoms with Gasteiger partial charge >= 0.3 is 0 Å². The van der Waals surface area contributed by atoms with Gasteiger partial charge < -0.3 is 20.9 Å². The maximum absolute atomic E-state index is 6.23. The number of nitrogens with two attached hydrogens (primary N) is 2. The van der Waals surface area contributed by atoms with Crippen LogP contribution in [-0.2, 0) is 13.6 Å². The van der Waals surface area contributed by atoms with Crippen LogP contribution in [0.1, 0.15) is 17.4 Å². The van der Waals surface area contributed by atoms with Crippen LogP contribution in [-0.4, -0.2) is 20.4 Å². The molecular weight excluding hydrogens is 240 g/mol. The molecule has 1 aliphatic heterocycles. The summed E-state index contributed by atoms with van der Waals surface area (Å²) in [5, 5.41) is 0. The predicted octanol–water partition coefficient (Wildman–Crippen LogP) is 0.839. The van der Waals surface area contributed by atoms with Gasteiger partial charge in [-0.2, -0.15) is 4.99 Å². The minimum Gasteiger partial charge on any atom is -0.369 e. The van der Waals surface area contributed by atoms with E-state index in [1.54, 1.807) is 6.33 Å². The van der Waals surface area contributed by atoms with E-state index in [2.05, 4.69) is 9.98 Å². The van der Waals surface area contributed by atoms with Crippen molar-refractivity contribution in [1.29, 1.82) is 0 Å². The molecule has 1 unspecified atom stereocenters. The standard InChI is InChI=1S/C13H16N6/c1-18-8-16-10-11(14)19(13(15)17-12(10)18)7-9-5-3-2-4-6-9/h2-6,8,11H,7,14H2,1H3,(H2,15,17). The Bertz CT molecular complexity index is 615. The molecule has 0 amide bonds. The van der Waals surface area contributed by atoms with E-state index in [9.17, 15) is 0 Å². The van der Waals surface area contributed by atoms with Gasteiger partial charge in [-0.05, 0) is 5.56 Å². The largest absolute Gasteiger partial charge is 0.369 e. The Kier molecular flexibility index (Phi) is 2.72. The molecule has 0 fully saturated rings. The molecule has 0 saturated heterocycles. The maximum atomic E-state index is 6.23. The third-order valence-corrected chi connectivity index (χ3v) is 3.26. The molecule has 0 spiro atoms. The van der Waals surface area contributed by atoms with Gasteiger partial charge in [0.05, 0.1) is 6.33 Å². The number of nitrogens with zero attached hydrogens (tertiary/aromatic N) is 4. The molecule has 6 nitrogen and oxygen atoms in total. The van der Waals surface area contributed by atoms with Crippen LogP contribution in [0.4, 0.5) is 5.82 Å². The van der Waals surface area contributed by atoms with Crippen LogP contribution in [0.25, 0.3) is 0 Å². The molecule has 1 aromatic carbocycles. The topological polar surface area (TPSA) is 85.5 Å². The van der Waals surface area contributed by atoms with Crippen molar-refractivity contribution >= 4 is 11.8 Å². The summed E-state index contributed by atoms with van der Waals surface area (Å²) in [5.74, 6) is 1.15. The number of guanidine groups is 1. The summed E-state index contributed by atoms with van der Waals surface area (Å²) in [5.41, 5.74) is 14.1. The molecular formula is C13H16N6. The summed E-state index contributed by atoms with van der Waals surface area (Å²) in [6.45, 7) is 0.618. The Labute approximate surface area is 111 Å². The molecule has 1 aliphatic rings. The quantitative estimate of drug-likeness (QED) is 0.833. The number of hydrogen-bond acceptors (Lipinski definition) is 5. The Balaban J connectivity index is 1.93. The third kappa shape index (κ3) is 1.96. The van der Waals surface area contributed by atoms with Gasteiger partial charge in [0, 0.05) is 13.6 Å². The van der Waals surface area contributed by atoms with E-state index in [1.807, 2.05) is 46.8 Å². The van der Waals surface area contributed by atoms with E-state index in [-0.39, 0.29) is 6.17 Å². The van der Waals surface area contributed by atoms with Gasteiger partial charge in [-0.15, -0.1) is 0 Å². The number of aliphatic imine (C=N–C) groups is 1. The summed E-state index contributed by atoms with van der Waals surface area (Å²) >= 11 is 0. The smallest absolute Gasteiger partial charge is 0.199 e. The van der Waals surface area contributed by atoms with Crippen LogP contribution in [0.5, 0.6) is 0 Å². The molecule has 0 bridgehead atoms. The van der Waals surface area contributed by atoms with Crippen molar-refractivity contribution < 1.29 is 0 Å². The monoisotopic (exact) mass is 256 g/mol. The molecule has 0 saturated carbocycles. The summed E-state index contributed by atoms with van der Waals surface area (Å²) in [6, 6.07) is 10.0. The minimum absolute atomic E-state index is 0.367. The van der Waals surface area contributed by atoms with Gasteiger partial charge in [0.25, 0.3) is 0 Å². The van der Waals surface area contributed by atoms with E-state index < -0.39 is 0 Å². The fourth-order valence-corrected chi connectivity index (χ4v) is 2.21. The average Bonchev–Trinajstić information content (AvgIpc) is 2.78. The van der Waals surface area contributed by atoms with Gasteiger partial charge in [-0.1, -0.05) is 30.3 Å². The van der Waals surface area contributed by atoms with E-state index >= 15 is 0 Å². The van der Waals surface area contributed by atoms with Gasteiger partial charge in [0.1, 0.15) is 11.9 Å². The highest BCUT2D eigenvalue weighted by Crippen LogP contribution is 2.30. The second-order valence-electron chi connectivity index (χ2n) is 4.59. The number of rotatable bonds is 2. The van der Waals surface area contributed by atoms with Gasteiger partial charge in [0.2, 0.25) is 0 Å². The summed E-state index contributed by atoms with van der Waals surface area (Å²) in [6.07, 6.45) is 1.33. The van der Waals surface area contributed by atoms with E-state index in [0.717, 1.165) is 17.1 Å². The van der Waals surface area contributed by atoms with Gasteiger partial charge in [-0.25, -0.2) is 4.98 Å². The zero-order valence-corrected chi connectivity index (χ0v) is 10.7. The molecule has 1 aromatic heterocycles. The van der Waals surface area contributed by atoms with Crippen molar-refractivity contribution in [2.24, 2.45) is 23.5 Å². The highest BCUT2D eigenvalue weighted by molar-refractivity contribution is 5.83. The highest BCUT2D eigenvalue weighted by Gasteiger charge is 2.28. The van der Waals surface area contributed by atoms with Crippen LogP contribution in [0, 0.1) is 0 Å². The first kappa shape index (κ1) is 11.7. The Morgan fingerprint density at radius 3 is 2.74 bits per heavy atom. The number of aryl methyl sites for hydroxylation is 1. The van der Waals surface area contributed by atoms with Crippen LogP contribution >= 0.6 is 0 Å². The zero-order chi connectivity index (χ0) is 13.4. The molecule has 0 aliphatic carbocycles. The second-order valence-corrected chi connectivity index (χ2v) is 4.59. The first-order chi connectivity index (χ1) is 9.16. The summed E-state index contributed by atoms with van der Waals surface area (Å²) in [7, 11) is 1.88. The van der Waals surface area contributed by atoms with Gasteiger partial charge in [0.15, 0.2) is 11.8 Å². The van der Waals surface area contributed by atoms with Crippen LogP contribution in [0.15, 0.2) is 41.7 Å². The van der Waals surface area contributed by atoms with Crippen molar-refractivity contribution in [1.82, 2.24) is 14.5 Å². The normalized spacial score (nSPS) is 18.1. The average molecular weight is 256 g/mol. The van der Waals surface area contributed by atoms with E-state index in [4.69, 9.17) is 11.5 Å². The van der Waals surface area contributed by atoms with Gasteiger partial charge in [-0.3, -0.25) is 0 Å². The summed E-state index contributed by atoms with van der Waals surface area (Å²) in [4.78, 5) is 10.5. The SMILES string of the molecule is Cn1cnc2c1N=C(N)N(Cc1ccccc1)C2N. The third-order valence-electron chi connectivity index (χ3n) is 3.26. The Morgan fingerprint density at radius 2 is 2.00 bits per heavy atom. The number of benzene rings is 1. The summed E-state index contributed by atoms with van der Waals surface area (Å²) < 4.78 is 1.82. The molecule has 19 heavy (non-hydrogen) atoms. The lowest BCUT2D eigenvalue weighted by atomic mass is 10.2. The van der Waals surface area contributed by atoms with E-state index in [0.29, 0.717) is 12.5 Å². The zero-order valence-electron chi connectivity index (χ0n) is 10.7. The van der Waals surface area contributed by atoms with Crippen molar-refractivity contribution in [3.05, 3.63) is 47.9 Å². The van der Waals surface area contributed by atoms with Crippen molar-refractivity contribution in [2.75, 3.05) is 0 Å². The lowest BCUT2D eigenvalue weighted by Crippen LogP contribution is -2.45. The number of aromatic nitrogens is 2. The van der Waals surface area contributed by atoms with Crippen LogP contribution < -0.4 is 11.5 Å². The molecule has 2 aromatic rings. The van der Waals surface area contributed by atoms with Crippen molar-refractivity contribution in [2.45, 2.75) is 12.7 Å². The lowest BCUT2D eigenvalue weighted by molar-refractivity contribution is 0.302. The van der Waals surface area contributed by atoms with Crippen LogP contribution in [0.2, 0.25) is 0 Å². The number of imidazole rings is 1. The predicted molar refractivity (Wildman–Crippen MR) is 73.4 cm³/mol. The highest BCUT2D eigenvalue weighted by atomic mass is 15.4. The Morgan fingerprint density at radius 1 is 1.26 bits per heavy atom. The van der Waals surface area contributed by atoms with Crippen molar-refractivity contribution in [3.8, 4) is 0 Å². The minimum atomic E-state index is -0.367. The first-order valence-corrected chi connectivity index (χ1v) is 6.08. The van der Waals surface area contributed by atoms with E-state index in [1.165, 1.54) is 0 Å². The number of fused-ring (bicyclic) bond motifs is 1. The fourth-order valence-electron chi connectivity index (χ4n) is 2.21. The molecule has 3 rings (SSSR count). The molecule has 6 heteroatoms. The maximum Gasteiger partial charge on any atom is 0.199 e. The molecule has 2 heterocycles. The first-order valence-electron chi connectivity index (χ1n) is 6.08. The lowest BCUT2D eigenvalue weighted by Gasteiger charge is -2.32. The number of hydrogen-bond donors (Lipinski definition) is 2. The Hall–Kier alpha value is -2.34. The second kappa shape index (κ2) is 4.40. The van der Waals surface area contributed by atoms with Crippen LogP contribution in [0.3, 0.4) is 0 Å².